The van der Waals surface area contributed by atoms with Gasteiger partial charge >= 0.3 is 0 Å². The van der Waals surface area contributed by atoms with E-state index in [0.717, 1.165) is 29.7 Å². The minimum Gasteiger partial charge on any atom is -0.398 e. The molecule has 1 heterocycles. The molecule has 0 amide bonds. The van der Waals surface area contributed by atoms with Gasteiger partial charge in [0, 0.05) is 24.8 Å². The molecule has 3 N–H and O–H groups in total. The summed E-state index contributed by atoms with van der Waals surface area (Å²) in [5.41, 5.74) is 8.78. The van der Waals surface area contributed by atoms with Crippen LogP contribution in [0.2, 0.25) is 0 Å². The lowest BCUT2D eigenvalue weighted by Gasteiger charge is -2.28. The first kappa shape index (κ1) is 12.0. The molecule has 0 spiro atoms. The topological polar surface area (TPSA) is 75.4 Å². The fourth-order valence-corrected chi connectivity index (χ4v) is 3.75. The number of nitrogen functional groups attached to an aromatic ring is 1. The van der Waals surface area contributed by atoms with Gasteiger partial charge in [0.2, 0.25) is 0 Å². The highest BCUT2D eigenvalue weighted by atomic mass is 32.2. The summed E-state index contributed by atoms with van der Waals surface area (Å²) in [4.78, 5) is 0. The molecule has 1 aliphatic carbocycles. The predicted octanol–water partition coefficient (Wildman–Crippen LogP) is 0.624. The fraction of sp³-hybridized carbons (Fsp3) is 0.500. The first-order valence-corrected chi connectivity index (χ1v) is 7.64. The highest BCUT2D eigenvalue weighted by molar-refractivity contribution is 7.87. The van der Waals surface area contributed by atoms with Crippen molar-refractivity contribution in [1.29, 1.82) is 0 Å². The summed E-state index contributed by atoms with van der Waals surface area (Å²) in [6, 6.07) is 5.84. The predicted molar refractivity (Wildman–Crippen MR) is 70.0 cm³/mol. The maximum Gasteiger partial charge on any atom is 0.280 e. The quantitative estimate of drug-likeness (QED) is 0.788. The number of hydrogen-bond acceptors (Lipinski definition) is 3. The van der Waals surface area contributed by atoms with Crippen LogP contribution in [0.1, 0.15) is 24.0 Å². The van der Waals surface area contributed by atoms with Crippen molar-refractivity contribution < 1.29 is 8.42 Å². The fourth-order valence-electron chi connectivity index (χ4n) is 2.30. The Morgan fingerprint density at radius 3 is 2.83 bits per heavy atom. The van der Waals surface area contributed by atoms with Crippen molar-refractivity contribution in [3.8, 4) is 0 Å². The van der Waals surface area contributed by atoms with Gasteiger partial charge in [0.05, 0.1) is 0 Å². The molecular weight excluding hydrogens is 250 g/mol. The lowest BCUT2D eigenvalue weighted by molar-refractivity contribution is 0.384. The number of nitrogens with one attached hydrogen (secondary N) is 1. The van der Waals surface area contributed by atoms with Gasteiger partial charge in [0.1, 0.15) is 0 Å². The zero-order valence-corrected chi connectivity index (χ0v) is 10.9. The number of fused-ring (bicyclic) bond motifs is 1. The van der Waals surface area contributed by atoms with Crippen LogP contribution in [0.4, 0.5) is 5.69 Å². The molecule has 18 heavy (non-hydrogen) atoms. The molecule has 98 valence electrons. The Morgan fingerprint density at radius 1 is 1.33 bits per heavy atom. The Morgan fingerprint density at radius 2 is 2.11 bits per heavy atom. The number of hydrogen-bond donors (Lipinski definition) is 2. The van der Waals surface area contributed by atoms with Crippen LogP contribution in [-0.2, 0) is 23.2 Å². The van der Waals surface area contributed by atoms with Crippen LogP contribution in [-0.4, -0.2) is 25.3 Å². The molecule has 5 nitrogen and oxygen atoms in total. The van der Waals surface area contributed by atoms with E-state index in [1.807, 2.05) is 18.2 Å². The first-order chi connectivity index (χ1) is 8.56. The molecule has 1 saturated carbocycles. The standard InChI is InChI=1S/C12H17N3O2S/c13-12-3-1-2-9-8-15(7-6-11(9)12)18(16,17)14-10-4-5-10/h1-3,10,14H,4-8,13H2. The van der Waals surface area contributed by atoms with Gasteiger partial charge in [-0.15, -0.1) is 0 Å². The molecule has 0 unspecified atom stereocenters. The van der Waals surface area contributed by atoms with Crippen LogP contribution in [0.25, 0.3) is 0 Å². The third-order valence-electron chi connectivity index (χ3n) is 3.50. The molecule has 6 heteroatoms. The molecule has 0 atom stereocenters. The third-order valence-corrected chi connectivity index (χ3v) is 5.12. The van der Waals surface area contributed by atoms with Crippen LogP contribution >= 0.6 is 0 Å². The van der Waals surface area contributed by atoms with Gasteiger partial charge in [-0.25, -0.2) is 0 Å². The largest absolute Gasteiger partial charge is 0.398 e. The normalized spacial score (nSPS) is 20.7. The smallest absolute Gasteiger partial charge is 0.280 e. The van der Waals surface area contributed by atoms with Crippen molar-refractivity contribution in [1.82, 2.24) is 9.03 Å². The van der Waals surface area contributed by atoms with Crippen LogP contribution in [0, 0.1) is 0 Å². The maximum absolute atomic E-state index is 12.1. The molecule has 1 fully saturated rings. The van der Waals surface area contributed by atoms with Gasteiger partial charge in [-0.2, -0.15) is 17.4 Å². The maximum atomic E-state index is 12.1. The molecule has 0 bridgehead atoms. The van der Waals surface area contributed by atoms with Crippen molar-refractivity contribution in [2.75, 3.05) is 12.3 Å². The van der Waals surface area contributed by atoms with Gasteiger partial charge in [0.25, 0.3) is 10.2 Å². The lowest BCUT2D eigenvalue weighted by atomic mass is 9.99. The first-order valence-electron chi connectivity index (χ1n) is 6.20. The van der Waals surface area contributed by atoms with Crippen LogP contribution in [0.15, 0.2) is 18.2 Å². The van der Waals surface area contributed by atoms with Crippen LogP contribution < -0.4 is 10.5 Å². The summed E-state index contributed by atoms with van der Waals surface area (Å²) in [6.45, 7) is 0.922. The Balaban J connectivity index is 1.82. The minimum atomic E-state index is -3.33. The molecule has 3 rings (SSSR count). The van der Waals surface area contributed by atoms with E-state index < -0.39 is 10.2 Å². The number of nitrogens with two attached hydrogens (primary N) is 1. The molecular formula is C12H17N3O2S. The summed E-state index contributed by atoms with van der Waals surface area (Å²) in [5.74, 6) is 0. The zero-order chi connectivity index (χ0) is 12.8. The van der Waals surface area contributed by atoms with E-state index in [1.165, 1.54) is 4.31 Å². The van der Waals surface area contributed by atoms with Crippen LogP contribution in [0.5, 0.6) is 0 Å². The monoisotopic (exact) mass is 267 g/mol. The van der Waals surface area contributed by atoms with Gasteiger partial charge in [-0.1, -0.05) is 12.1 Å². The van der Waals surface area contributed by atoms with Crippen molar-refractivity contribution in [2.24, 2.45) is 0 Å². The average Bonchev–Trinajstić information content (AvgIpc) is 3.12. The molecule has 1 aromatic rings. The van der Waals surface area contributed by atoms with Crippen molar-refractivity contribution in [3.63, 3.8) is 0 Å². The molecule has 0 saturated heterocycles. The Bertz CT molecular complexity index is 567. The third kappa shape index (κ3) is 2.23. The van der Waals surface area contributed by atoms with E-state index in [-0.39, 0.29) is 6.04 Å². The Kier molecular flexibility index (Phi) is 2.80. The van der Waals surface area contributed by atoms with E-state index in [9.17, 15) is 8.42 Å². The lowest BCUT2D eigenvalue weighted by Crippen LogP contribution is -2.44. The second-order valence-corrected chi connectivity index (χ2v) is 6.67. The Labute approximate surface area is 107 Å². The van der Waals surface area contributed by atoms with Crippen molar-refractivity contribution >= 4 is 15.9 Å². The van der Waals surface area contributed by atoms with Gasteiger partial charge in [-0.3, -0.25) is 0 Å². The second-order valence-electron chi connectivity index (χ2n) is 4.97. The highest BCUT2D eigenvalue weighted by Crippen LogP contribution is 2.27. The summed E-state index contributed by atoms with van der Waals surface area (Å²) < 4.78 is 28.4. The van der Waals surface area contributed by atoms with Gasteiger partial charge in [-0.05, 0) is 36.5 Å². The van der Waals surface area contributed by atoms with Gasteiger partial charge in [0.15, 0.2) is 0 Å². The number of anilines is 1. The van der Waals surface area contributed by atoms with E-state index in [2.05, 4.69) is 4.72 Å². The minimum absolute atomic E-state index is 0.150. The second kappa shape index (κ2) is 4.22. The number of rotatable bonds is 3. The molecule has 0 radical (unpaired) electrons. The summed E-state index contributed by atoms with van der Waals surface area (Å²) in [5, 5.41) is 0. The molecule has 0 aromatic heterocycles. The number of benzene rings is 1. The van der Waals surface area contributed by atoms with E-state index >= 15 is 0 Å². The van der Waals surface area contributed by atoms with E-state index in [1.54, 1.807) is 0 Å². The van der Waals surface area contributed by atoms with Crippen molar-refractivity contribution in [3.05, 3.63) is 29.3 Å². The number of nitrogens with zero attached hydrogens (tertiary/aromatic N) is 1. The SMILES string of the molecule is Nc1cccc2c1CCN(S(=O)(=O)NC1CC1)C2. The van der Waals surface area contributed by atoms with Gasteiger partial charge < -0.3 is 5.73 Å². The zero-order valence-electron chi connectivity index (χ0n) is 10.1. The van der Waals surface area contributed by atoms with Crippen LogP contribution in [0.3, 0.4) is 0 Å². The summed E-state index contributed by atoms with van der Waals surface area (Å²) in [7, 11) is -3.33. The van der Waals surface area contributed by atoms with Crippen molar-refractivity contribution in [2.45, 2.75) is 31.8 Å². The summed E-state index contributed by atoms with van der Waals surface area (Å²) >= 11 is 0. The average molecular weight is 267 g/mol. The highest BCUT2D eigenvalue weighted by Gasteiger charge is 2.32. The van der Waals surface area contributed by atoms with E-state index in [0.29, 0.717) is 19.5 Å². The summed E-state index contributed by atoms with van der Waals surface area (Å²) in [6.07, 6.45) is 2.60. The molecule has 1 aliphatic heterocycles. The molecule has 1 aromatic carbocycles. The Hall–Kier alpha value is -1.11. The van der Waals surface area contributed by atoms with E-state index in [4.69, 9.17) is 5.73 Å². The molecule has 2 aliphatic rings.